The number of hydrogen-bond acceptors (Lipinski definition) is 6. The average Bonchev–Trinajstić information content (AvgIpc) is 2.22. The normalized spacial score (nSPS) is 12.7. The first-order valence-corrected chi connectivity index (χ1v) is 6.72. The fourth-order valence-electron chi connectivity index (χ4n) is 1.21. The summed E-state index contributed by atoms with van der Waals surface area (Å²) in [7, 11) is 0. The standard InChI is InChI=1S/C11H17Cl2N5O2/c1-6(5-14-10(19)20-11(2,3)4)15-9-17-7(12)16-8(13)18-9/h6H,5H2,1-4H3,(H,14,19)(H,15,16,17,18). The Labute approximate surface area is 127 Å². The van der Waals surface area contributed by atoms with Gasteiger partial charge in [0.2, 0.25) is 16.5 Å². The molecule has 0 radical (unpaired) electrons. The van der Waals surface area contributed by atoms with Crippen molar-refractivity contribution in [3.63, 3.8) is 0 Å². The SMILES string of the molecule is CC(CNC(=O)OC(C)(C)C)Nc1nc(Cl)nc(Cl)n1. The Morgan fingerprint density at radius 3 is 2.30 bits per heavy atom. The summed E-state index contributed by atoms with van der Waals surface area (Å²) in [5.41, 5.74) is -0.532. The molecule has 1 amide bonds. The molecule has 112 valence electrons. The van der Waals surface area contributed by atoms with Gasteiger partial charge in [-0.05, 0) is 50.9 Å². The molecule has 0 aliphatic carbocycles. The monoisotopic (exact) mass is 321 g/mol. The van der Waals surface area contributed by atoms with Gasteiger partial charge in [-0.1, -0.05) is 0 Å². The molecule has 0 aliphatic rings. The maximum absolute atomic E-state index is 11.5. The van der Waals surface area contributed by atoms with E-state index in [1.165, 1.54) is 0 Å². The van der Waals surface area contributed by atoms with Crippen LogP contribution in [-0.2, 0) is 4.74 Å². The first-order chi connectivity index (χ1) is 9.15. The van der Waals surface area contributed by atoms with E-state index >= 15 is 0 Å². The van der Waals surface area contributed by atoms with Crippen LogP contribution in [0.5, 0.6) is 0 Å². The first kappa shape index (κ1) is 16.7. The van der Waals surface area contributed by atoms with Crippen molar-refractivity contribution in [3.8, 4) is 0 Å². The number of nitrogens with one attached hydrogen (secondary N) is 2. The van der Waals surface area contributed by atoms with Gasteiger partial charge < -0.3 is 15.4 Å². The number of rotatable bonds is 4. The quantitative estimate of drug-likeness (QED) is 0.885. The topological polar surface area (TPSA) is 89.0 Å². The number of hydrogen-bond donors (Lipinski definition) is 2. The summed E-state index contributed by atoms with van der Waals surface area (Å²) in [6.45, 7) is 7.55. The zero-order valence-corrected chi connectivity index (χ0v) is 13.2. The third kappa shape index (κ3) is 6.72. The summed E-state index contributed by atoms with van der Waals surface area (Å²) in [6.07, 6.45) is -0.488. The predicted molar refractivity (Wildman–Crippen MR) is 77.2 cm³/mol. The molecule has 1 heterocycles. The lowest BCUT2D eigenvalue weighted by Crippen LogP contribution is -2.38. The molecular weight excluding hydrogens is 305 g/mol. The van der Waals surface area contributed by atoms with Gasteiger partial charge in [0, 0.05) is 12.6 Å². The van der Waals surface area contributed by atoms with Crippen LogP contribution < -0.4 is 10.6 Å². The van der Waals surface area contributed by atoms with E-state index in [1.54, 1.807) is 20.8 Å². The van der Waals surface area contributed by atoms with Crippen molar-refractivity contribution in [2.24, 2.45) is 0 Å². The molecule has 0 bridgehead atoms. The van der Waals surface area contributed by atoms with Crippen LogP contribution in [0.1, 0.15) is 27.7 Å². The van der Waals surface area contributed by atoms with E-state index in [-0.39, 0.29) is 22.6 Å². The maximum atomic E-state index is 11.5. The maximum Gasteiger partial charge on any atom is 0.407 e. The lowest BCUT2D eigenvalue weighted by atomic mass is 10.2. The van der Waals surface area contributed by atoms with Crippen molar-refractivity contribution in [3.05, 3.63) is 10.6 Å². The van der Waals surface area contributed by atoms with Crippen molar-refractivity contribution >= 4 is 35.2 Å². The molecule has 0 aromatic carbocycles. The van der Waals surface area contributed by atoms with Crippen LogP contribution in [0.4, 0.5) is 10.7 Å². The van der Waals surface area contributed by atoms with Crippen molar-refractivity contribution in [2.45, 2.75) is 39.3 Å². The Morgan fingerprint density at radius 2 is 1.80 bits per heavy atom. The molecule has 1 rings (SSSR count). The van der Waals surface area contributed by atoms with Crippen LogP contribution in [0.3, 0.4) is 0 Å². The Kier molecular flexibility index (Phi) is 5.76. The molecule has 2 N–H and O–H groups in total. The lowest BCUT2D eigenvalue weighted by molar-refractivity contribution is 0.0526. The largest absolute Gasteiger partial charge is 0.444 e. The molecule has 9 heteroatoms. The highest BCUT2D eigenvalue weighted by atomic mass is 35.5. The number of halogens is 2. The fraction of sp³-hybridized carbons (Fsp3) is 0.636. The summed E-state index contributed by atoms with van der Waals surface area (Å²) in [5, 5.41) is 5.57. The molecule has 0 aliphatic heterocycles. The van der Waals surface area contributed by atoms with Gasteiger partial charge in [0.05, 0.1) is 0 Å². The van der Waals surface area contributed by atoms with Crippen molar-refractivity contribution < 1.29 is 9.53 Å². The van der Waals surface area contributed by atoms with Crippen molar-refractivity contribution in [1.29, 1.82) is 0 Å². The highest BCUT2D eigenvalue weighted by Crippen LogP contribution is 2.10. The molecule has 0 saturated carbocycles. The Bertz CT molecular complexity index is 458. The van der Waals surface area contributed by atoms with Crippen molar-refractivity contribution in [2.75, 3.05) is 11.9 Å². The Balaban J connectivity index is 2.44. The van der Waals surface area contributed by atoms with Crippen molar-refractivity contribution in [1.82, 2.24) is 20.3 Å². The van der Waals surface area contributed by atoms with E-state index in [2.05, 4.69) is 25.6 Å². The van der Waals surface area contributed by atoms with Gasteiger partial charge in [-0.2, -0.15) is 15.0 Å². The van der Waals surface area contributed by atoms with E-state index in [0.29, 0.717) is 6.54 Å². The number of nitrogens with zero attached hydrogens (tertiary/aromatic N) is 3. The molecular formula is C11H17Cl2N5O2. The van der Waals surface area contributed by atoms with E-state index < -0.39 is 11.7 Å². The lowest BCUT2D eigenvalue weighted by Gasteiger charge is -2.21. The van der Waals surface area contributed by atoms with Crippen LogP contribution >= 0.6 is 23.2 Å². The molecule has 20 heavy (non-hydrogen) atoms. The molecule has 0 fully saturated rings. The first-order valence-electron chi connectivity index (χ1n) is 5.96. The molecule has 1 unspecified atom stereocenters. The van der Waals surface area contributed by atoms with Gasteiger partial charge in [-0.3, -0.25) is 0 Å². The average molecular weight is 322 g/mol. The van der Waals surface area contributed by atoms with Crippen LogP contribution in [0.2, 0.25) is 10.6 Å². The molecule has 0 spiro atoms. The highest BCUT2D eigenvalue weighted by Gasteiger charge is 2.16. The smallest absolute Gasteiger partial charge is 0.407 e. The molecule has 0 saturated heterocycles. The van der Waals surface area contributed by atoms with Gasteiger partial charge in [0.25, 0.3) is 0 Å². The Hall–Kier alpha value is -1.34. The summed E-state index contributed by atoms with van der Waals surface area (Å²) in [5.74, 6) is 0.244. The van der Waals surface area contributed by atoms with E-state index in [0.717, 1.165) is 0 Å². The second-order valence-corrected chi connectivity index (χ2v) is 5.80. The van der Waals surface area contributed by atoms with E-state index in [9.17, 15) is 4.79 Å². The minimum Gasteiger partial charge on any atom is -0.444 e. The molecule has 7 nitrogen and oxygen atoms in total. The van der Waals surface area contributed by atoms with Gasteiger partial charge in [-0.25, -0.2) is 4.79 Å². The summed E-state index contributed by atoms with van der Waals surface area (Å²) in [6, 6.07) is -0.142. The number of carbonyl (C=O) groups excluding carboxylic acids is 1. The van der Waals surface area contributed by atoms with Crippen LogP contribution in [-0.4, -0.2) is 39.2 Å². The van der Waals surface area contributed by atoms with Crippen LogP contribution in [0.15, 0.2) is 0 Å². The highest BCUT2D eigenvalue weighted by molar-refractivity contribution is 6.31. The third-order valence-corrected chi connectivity index (χ3v) is 2.25. The molecule has 1 aromatic rings. The second kappa shape index (κ2) is 6.90. The van der Waals surface area contributed by atoms with Gasteiger partial charge >= 0.3 is 6.09 Å². The van der Waals surface area contributed by atoms with Crippen LogP contribution in [0, 0.1) is 0 Å². The third-order valence-electron chi connectivity index (χ3n) is 1.91. The minimum absolute atomic E-state index is 0.000184. The number of amides is 1. The van der Waals surface area contributed by atoms with Gasteiger partial charge in [0.1, 0.15) is 5.60 Å². The number of ether oxygens (including phenoxy) is 1. The number of carbonyl (C=O) groups is 1. The number of anilines is 1. The summed E-state index contributed by atoms with van der Waals surface area (Å²) >= 11 is 11.3. The second-order valence-electron chi connectivity index (χ2n) is 5.13. The number of aromatic nitrogens is 3. The van der Waals surface area contributed by atoms with Gasteiger partial charge in [0.15, 0.2) is 0 Å². The zero-order chi connectivity index (χ0) is 15.3. The fourth-order valence-corrected chi connectivity index (χ4v) is 1.58. The van der Waals surface area contributed by atoms with E-state index in [4.69, 9.17) is 27.9 Å². The molecule has 1 atom stereocenters. The van der Waals surface area contributed by atoms with E-state index in [1.807, 2.05) is 6.92 Å². The summed E-state index contributed by atoms with van der Waals surface area (Å²) in [4.78, 5) is 22.8. The predicted octanol–water partition coefficient (Wildman–Crippen LogP) is 2.50. The zero-order valence-electron chi connectivity index (χ0n) is 11.7. The molecule has 1 aromatic heterocycles. The van der Waals surface area contributed by atoms with Crippen LogP contribution in [0.25, 0.3) is 0 Å². The Morgan fingerprint density at radius 1 is 1.25 bits per heavy atom. The number of alkyl carbamates (subject to hydrolysis) is 1. The van der Waals surface area contributed by atoms with Gasteiger partial charge in [-0.15, -0.1) is 0 Å². The minimum atomic E-state index is -0.532. The summed E-state index contributed by atoms with van der Waals surface area (Å²) < 4.78 is 5.12.